The molecule has 0 aromatic heterocycles. The van der Waals surface area contributed by atoms with Gasteiger partial charge in [-0.1, -0.05) is 6.58 Å². The van der Waals surface area contributed by atoms with Gasteiger partial charge in [-0.05, 0) is 6.92 Å². The topological polar surface area (TPSA) is 235 Å². The van der Waals surface area contributed by atoms with E-state index in [1.807, 2.05) is 0 Å². The van der Waals surface area contributed by atoms with Crippen molar-refractivity contribution in [1.29, 1.82) is 0 Å². The highest BCUT2D eigenvalue weighted by atomic mass is 17.2. The minimum Gasteiger partial charge on any atom is -0.479 e. The van der Waals surface area contributed by atoms with Gasteiger partial charge < -0.3 is 58.7 Å². The Morgan fingerprint density at radius 1 is 0.846 bits per heavy atom. The van der Waals surface area contributed by atoms with Crippen molar-refractivity contribution in [1.82, 2.24) is 0 Å². The van der Waals surface area contributed by atoms with Gasteiger partial charge in [0.15, 0.2) is 24.6 Å². The van der Waals surface area contributed by atoms with Crippen molar-refractivity contribution < 1.29 is 82.8 Å². The Balaban J connectivity index is 2.20. The molecule has 17 heteroatoms. The molecule has 0 radical (unpaired) electrons. The first kappa shape index (κ1) is 32.9. The van der Waals surface area contributed by atoms with E-state index < -0.39 is 98.6 Å². The van der Waals surface area contributed by atoms with Gasteiger partial charge in [0, 0.05) is 19.8 Å². The van der Waals surface area contributed by atoms with Gasteiger partial charge in [-0.15, -0.1) is 0 Å². The van der Waals surface area contributed by atoms with E-state index in [2.05, 4.69) is 11.3 Å². The number of rotatable bonds is 13. The number of esters is 2. The lowest BCUT2D eigenvalue weighted by Crippen LogP contribution is -2.64. The third-order valence-corrected chi connectivity index (χ3v) is 5.74. The van der Waals surface area contributed by atoms with Crippen LogP contribution >= 0.6 is 0 Å². The summed E-state index contributed by atoms with van der Waals surface area (Å²) in [6, 6.07) is 0. The van der Waals surface area contributed by atoms with Crippen molar-refractivity contribution in [2.45, 2.75) is 74.4 Å². The fourth-order valence-corrected chi connectivity index (χ4v) is 3.67. The summed E-state index contributed by atoms with van der Waals surface area (Å²) in [5.74, 6) is -3.35. The summed E-state index contributed by atoms with van der Waals surface area (Å²) in [5, 5.41) is 51.2. The van der Waals surface area contributed by atoms with Crippen molar-refractivity contribution in [3.8, 4) is 0 Å². The molecular formula is C22H34O17. The third kappa shape index (κ3) is 8.12. The minimum absolute atomic E-state index is 0.0913. The van der Waals surface area contributed by atoms with Gasteiger partial charge >= 0.3 is 17.9 Å². The Bertz CT molecular complexity index is 850. The Labute approximate surface area is 222 Å². The maximum atomic E-state index is 12.2. The molecule has 0 aromatic rings. The SMILES string of the molecule is C=C(C)C(=O)OCC(O)CO[C@@H]1C(O)[C@H](OC)C(C(=O)O)O[C@H]1OO[C@@H]1C(C(=O)OC)O[C@@H](OC)[C@H](O)C1O. The Kier molecular flexibility index (Phi) is 12.6. The molecule has 11 atom stereocenters. The number of carboxylic acid groups (broad SMARTS) is 1. The molecule has 2 aliphatic rings. The first-order chi connectivity index (χ1) is 18.4. The highest BCUT2D eigenvalue weighted by Gasteiger charge is 2.53. The largest absolute Gasteiger partial charge is 0.479 e. The molecule has 0 aliphatic carbocycles. The Morgan fingerprint density at radius 3 is 2.03 bits per heavy atom. The molecule has 224 valence electrons. The zero-order chi connectivity index (χ0) is 29.4. The monoisotopic (exact) mass is 570 g/mol. The number of hydrogen-bond donors (Lipinski definition) is 5. The van der Waals surface area contributed by atoms with Crippen LogP contribution in [0.3, 0.4) is 0 Å². The molecule has 17 nitrogen and oxygen atoms in total. The number of ether oxygens (including phenoxy) is 7. The second-order valence-electron chi connectivity index (χ2n) is 8.61. The van der Waals surface area contributed by atoms with Crippen LogP contribution in [0.1, 0.15) is 6.92 Å². The fraction of sp³-hybridized carbons (Fsp3) is 0.773. The van der Waals surface area contributed by atoms with E-state index in [1.54, 1.807) is 0 Å². The first-order valence-corrected chi connectivity index (χ1v) is 11.5. The summed E-state index contributed by atoms with van der Waals surface area (Å²) in [6.45, 7) is 3.73. The van der Waals surface area contributed by atoms with Gasteiger partial charge in [-0.25, -0.2) is 24.2 Å². The van der Waals surface area contributed by atoms with Crippen molar-refractivity contribution in [3.63, 3.8) is 0 Å². The predicted octanol–water partition coefficient (Wildman–Crippen LogP) is -3.38. The van der Waals surface area contributed by atoms with Crippen molar-refractivity contribution in [3.05, 3.63) is 12.2 Å². The van der Waals surface area contributed by atoms with Crippen molar-refractivity contribution >= 4 is 17.9 Å². The molecule has 5 unspecified atom stereocenters. The maximum Gasteiger partial charge on any atom is 0.338 e. The molecule has 2 fully saturated rings. The van der Waals surface area contributed by atoms with E-state index in [-0.39, 0.29) is 5.57 Å². The van der Waals surface area contributed by atoms with Crippen LogP contribution in [-0.2, 0) is 57.3 Å². The molecule has 0 spiro atoms. The van der Waals surface area contributed by atoms with Crippen molar-refractivity contribution in [2.24, 2.45) is 0 Å². The fourth-order valence-electron chi connectivity index (χ4n) is 3.67. The number of carbonyl (C=O) groups is 3. The predicted molar refractivity (Wildman–Crippen MR) is 120 cm³/mol. The number of carboxylic acids is 1. The molecule has 5 N–H and O–H groups in total. The molecule has 0 aromatic carbocycles. The summed E-state index contributed by atoms with van der Waals surface area (Å²) in [5.41, 5.74) is 0.0913. The third-order valence-electron chi connectivity index (χ3n) is 5.74. The van der Waals surface area contributed by atoms with Crippen LogP contribution in [-0.4, -0.2) is 145 Å². The molecule has 0 amide bonds. The molecule has 2 rings (SSSR count). The molecular weight excluding hydrogens is 536 g/mol. The van der Waals surface area contributed by atoms with Gasteiger partial charge in [0.05, 0.1) is 13.7 Å². The van der Waals surface area contributed by atoms with Gasteiger partial charge in [0.2, 0.25) is 6.29 Å². The van der Waals surface area contributed by atoms with E-state index in [0.717, 1.165) is 21.3 Å². The second-order valence-corrected chi connectivity index (χ2v) is 8.61. The van der Waals surface area contributed by atoms with Crippen LogP contribution in [0.4, 0.5) is 0 Å². The van der Waals surface area contributed by atoms with Gasteiger partial charge in [-0.2, -0.15) is 0 Å². The summed E-state index contributed by atoms with van der Waals surface area (Å²) >= 11 is 0. The summed E-state index contributed by atoms with van der Waals surface area (Å²) in [6.07, 6.45) is -18.3. The van der Waals surface area contributed by atoms with Crippen LogP contribution in [0.15, 0.2) is 12.2 Å². The lowest BCUT2D eigenvalue weighted by Gasteiger charge is -2.43. The summed E-state index contributed by atoms with van der Waals surface area (Å²) in [7, 11) is 3.28. The van der Waals surface area contributed by atoms with Gasteiger partial charge in [0.1, 0.15) is 43.2 Å². The van der Waals surface area contributed by atoms with Crippen LogP contribution < -0.4 is 0 Å². The molecule has 2 aliphatic heterocycles. The average molecular weight is 570 g/mol. The quantitative estimate of drug-likeness (QED) is 0.0628. The normalized spacial score (nSPS) is 35.6. The number of carbonyl (C=O) groups excluding carboxylic acids is 2. The lowest BCUT2D eigenvalue weighted by molar-refractivity contribution is -0.461. The maximum absolute atomic E-state index is 12.2. The Hall–Kier alpha value is -2.29. The van der Waals surface area contributed by atoms with E-state index >= 15 is 0 Å². The number of aliphatic carboxylic acids is 1. The molecule has 0 bridgehead atoms. The standard InChI is InChI=1S/C22H34O17/c1-8(2)19(29)35-7-9(23)6-34-15-12(26)13(31-3)16(18(27)28)36-22(15)39-38-14-10(24)11(25)21(33-5)37-17(14)20(30)32-4/h9-17,21-26H,1,6-7H2,2-5H3,(H,27,28)/t9?,10?,11-,12?,13+,14+,15-,16?,17?,21-,22+/m1/s1. The highest BCUT2D eigenvalue weighted by Crippen LogP contribution is 2.30. The van der Waals surface area contributed by atoms with E-state index in [1.165, 1.54) is 6.92 Å². The van der Waals surface area contributed by atoms with E-state index in [4.69, 9.17) is 38.2 Å². The molecule has 0 saturated carbocycles. The smallest absolute Gasteiger partial charge is 0.338 e. The summed E-state index contributed by atoms with van der Waals surface area (Å²) < 4.78 is 35.5. The minimum atomic E-state index is -1.86. The number of methoxy groups -OCH3 is 3. The number of hydrogen-bond acceptors (Lipinski definition) is 16. The number of aliphatic hydroxyl groups is 4. The van der Waals surface area contributed by atoms with Crippen LogP contribution in [0, 0.1) is 0 Å². The van der Waals surface area contributed by atoms with Gasteiger partial charge in [0.25, 0.3) is 0 Å². The van der Waals surface area contributed by atoms with E-state index in [9.17, 15) is 39.9 Å². The van der Waals surface area contributed by atoms with Crippen molar-refractivity contribution in [2.75, 3.05) is 34.5 Å². The van der Waals surface area contributed by atoms with Crippen LogP contribution in [0.5, 0.6) is 0 Å². The Morgan fingerprint density at radius 2 is 1.49 bits per heavy atom. The van der Waals surface area contributed by atoms with Crippen LogP contribution in [0.2, 0.25) is 0 Å². The average Bonchev–Trinajstić information content (AvgIpc) is 2.90. The molecule has 2 saturated heterocycles. The molecule has 2 heterocycles. The first-order valence-electron chi connectivity index (χ1n) is 11.5. The second kappa shape index (κ2) is 14.9. The zero-order valence-electron chi connectivity index (χ0n) is 21.6. The lowest BCUT2D eigenvalue weighted by atomic mass is 9.98. The zero-order valence-corrected chi connectivity index (χ0v) is 21.6. The van der Waals surface area contributed by atoms with Crippen LogP contribution in [0.25, 0.3) is 0 Å². The van der Waals surface area contributed by atoms with Gasteiger partial charge in [-0.3, -0.25) is 0 Å². The summed E-state index contributed by atoms with van der Waals surface area (Å²) in [4.78, 5) is 45.8. The van der Waals surface area contributed by atoms with E-state index in [0.29, 0.717) is 0 Å². The number of aliphatic hydroxyl groups excluding tert-OH is 4. The molecule has 39 heavy (non-hydrogen) atoms. The highest BCUT2D eigenvalue weighted by molar-refractivity contribution is 5.86.